The Hall–Kier alpha value is -1.42. The number of pyridine rings is 1. The van der Waals surface area contributed by atoms with Crippen LogP contribution in [0, 0.1) is 5.41 Å². The summed E-state index contributed by atoms with van der Waals surface area (Å²) in [5.74, 6) is 0.00418. The van der Waals surface area contributed by atoms with Gasteiger partial charge in [0, 0.05) is 6.20 Å². The van der Waals surface area contributed by atoms with Crippen LogP contribution in [0.1, 0.15) is 43.4 Å². The van der Waals surface area contributed by atoms with Crippen LogP contribution in [-0.4, -0.2) is 16.9 Å². The second-order valence-electron chi connectivity index (χ2n) is 4.53. The van der Waals surface area contributed by atoms with Crippen molar-refractivity contribution in [3.63, 3.8) is 0 Å². The summed E-state index contributed by atoms with van der Waals surface area (Å²) in [6.07, 6.45) is 8.31. The number of hydrogen-bond donors (Lipinski definition) is 2. The molecular formula is C13H19N3O. The molecule has 0 bridgehead atoms. The van der Waals surface area contributed by atoms with Gasteiger partial charge in [-0.15, -0.1) is 0 Å². The highest BCUT2D eigenvalue weighted by Crippen LogP contribution is 2.21. The van der Waals surface area contributed by atoms with E-state index in [0.29, 0.717) is 18.4 Å². The molecule has 4 nitrogen and oxygen atoms in total. The molecule has 0 saturated heterocycles. The molecule has 0 aromatic carbocycles. The topological polar surface area (TPSA) is 72.0 Å². The van der Waals surface area contributed by atoms with Crippen LogP contribution >= 0.6 is 0 Å². The van der Waals surface area contributed by atoms with Gasteiger partial charge in [-0.3, -0.25) is 10.4 Å². The Labute approximate surface area is 102 Å². The van der Waals surface area contributed by atoms with E-state index in [1.54, 1.807) is 6.20 Å². The molecule has 1 aromatic rings. The van der Waals surface area contributed by atoms with Crippen molar-refractivity contribution in [2.75, 3.05) is 0 Å². The molecule has 1 aromatic heterocycles. The first-order valence-electron chi connectivity index (χ1n) is 6.16. The summed E-state index contributed by atoms with van der Waals surface area (Å²) >= 11 is 0. The molecule has 0 amide bonds. The van der Waals surface area contributed by atoms with Gasteiger partial charge in [0.05, 0.1) is 12.7 Å². The van der Waals surface area contributed by atoms with Crippen LogP contribution in [0.15, 0.2) is 18.3 Å². The highest BCUT2D eigenvalue weighted by atomic mass is 16.5. The van der Waals surface area contributed by atoms with Crippen molar-refractivity contribution < 1.29 is 4.74 Å². The lowest BCUT2D eigenvalue weighted by Crippen LogP contribution is -2.17. The number of rotatable bonds is 4. The number of nitrogens with zero attached hydrogens (tertiary/aromatic N) is 1. The lowest BCUT2D eigenvalue weighted by Gasteiger charge is -2.22. The zero-order valence-electron chi connectivity index (χ0n) is 9.98. The van der Waals surface area contributed by atoms with Crippen LogP contribution in [0.2, 0.25) is 0 Å². The molecule has 17 heavy (non-hydrogen) atoms. The molecule has 1 aliphatic carbocycles. The Bertz CT molecular complexity index is 386. The number of hydrogen-bond acceptors (Lipinski definition) is 3. The van der Waals surface area contributed by atoms with Crippen LogP contribution in [0.25, 0.3) is 0 Å². The van der Waals surface area contributed by atoms with Gasteiger partial charge < -0.3 is 10.5 Å². The summed E-state index contributed by atoms with van der Waals surface area (Å²) in [6.45, 7) is 0.591. The Kier molecular flexibility index (Phi) is 4.09. The maximum atomic E-state index is 7.33. The molecule has 0 spiro atoms. The Balaban J connectivity index is 1.89. The second-order valence-corrected chi connectivity index (χ2v) is 4.53. The van der Waals surface area contributed by atoms with Crippen LogP contribution in [0.5, 0.6) is 0 Å². The number of ether oxygens (including phenoxy) is 1. The zero-order chi connectivity index (χ0) is 12.1. The van der Waals surface area contributed by atoms with Crippen molar-refractivity contribution in [2.24, 2.45) is 5.73 Å². The fourth-order valence-electron chi connectivity index (χ4n) is 2.16. The van der Waals surface area contributed by atoms with E-state index in [0.717, 1.165) is 5.56 Å². The molecule has 3 N–H and O–H groups in total. The lowest BCUT2D eigenvalue weighted by atomic mass is 9.98. The molecule has 2 rings (SSSR count). The maximum Gasteiger partial charge on any atom is 0.141 e. The van der Waals surface area contributed by atoms with Gasteiger partial charge in [-0.25, -0.2) is 0 Å². The highest BCUT2D eigenvalue weighted by molar-refractivity contribution is 5.93. The summed E-state index contributed by atoms with van der Waals surface area (Å²) < 4.78 is 5.86. The number of amidine groups is 1. The monoisotopic (exact) mass is 233 g/mol. The molecule has 0 aliphatic heterocycles. The average Bonchev–Trinajstić information content (AvgIpc) is 2.38. The Morgan fingerprint density at radius 1 is 1.41 bits per heavy atom. The van der Waals surface area contributed by atoms with Crippen LogP contribution in [0.4, 0.5) is 0 Å². The third-order valence-electron chi connectivity index (χ3n) is 3.14. The zero-order valence-corrected chi connectivity index (χ0v) is 9.98. The minimum Gasteiger partial charge on any atom is -0.382 e. The third-order valence-corrected chi connectivity index (χ3v) is 3.14. The van der Waals surface area contributed by atoms with Crippen LogP contribution in [-0.2, 0) is 11.3 Å². The van der Waals surface area contributed by atoms with Crippen molar-refractivity contribution in [1.82, 2.24) is 4.98 Å². The normalized spacial score (nSPS) is 16.9. The summed E-state index contributed by atoms with van der Waals surface area (Å²) in [5, 5.41) is 7.33. The van der Waals surface area contributed by atoms with Gasteiger partial charge in [-0.1, -0.05) is 19.3 Å². The lowest BCUT2D eigenvalue weighted by molar-refractivity contribution is 0.0168. The summed E-state index contributed by atoms with van der Waals surface area (Å²) in [4.78, 5) is 4.03. The van der Waals surface area contributed by atoms with Gasteiger partial charge in [0.1, 0.15) is 11.5 Å². The molecule has 1 fully saturated rings. The summed E-state index contributed by atoms with van der Waals surface area (Å²) in [7, 11) is 0. The van der Waals surface area contributed by atoms with Gasteiger partial charge in [0.25, 0.3) is 0 Å². The Morgan fingerprint density at radius 2 is 2.18 bits per heavy atom. The molecule has 0 unspecified atom stereocenters. The first-order chi connectivity index (χ1) is 8.25. The van der Waals surface area contributed by atoms with E-state index < -0.39 is 0 Å². The molecule has 1 heterocycles. The van der Waals surface area contributed by atoms with Crippen LogP contribution < -0.4 is 5.73 Å². The fraction of sp³-hybridized carbons (Fsp3) is 0.538. The molecule has 0 radical (unpaired) electrons. The van der Waals surface area contributed by atoms with E-state index in [4.69, 9.17) is 15.9 Å². The van der Waals surface area contributed by atoms with E-state index in [2.05, 4.69) is 4.98 Å². The fourth-order valence-corrected chi connectivity index (χ4v) is 2.16. The minimum atomic E-state index is 0.00418. The SMILES string of the molecule is N=C(N)c1cc(COC2CCCCC2)ccn1. The van der Waals surface area contributed by atoms with Crippen molar-refractivity contribution in [2.45, 2.75) is 44.8 Å². The second kappa shape index (κ2) is 5.77. The minimum absolute atomic E-state index is 0.00418. The molecule has 92 valence electrons. The van der Waals surface area contributed by atoms with Crippen molar-refractivity contribution in [1.29, 1.82) is 5.41 Å². The van der Waals surface area contributed by atoms with E-state index >= 15 is 0 Å². The van der Waals surface area contributed by atoms with Gasteiger partial charge in [-0.05, 0) is 30.5 Å². The summed E-state index contributed by atoms with van der Waals surface area (Å²) in [5.41, 5.74) is 6.96. The number of aromatic nitrogens is 1. The van der Waals surface area contributed by atoms with Crippen molar-refractivity contribution in [3.8, 4) is 0 Å². The molecule has 0 atom stereocenters. The van der Waals surface area contributed by atoms with Gasteiger partial charge in [-0.2, -0.15) is 0 Å². The third kappa shape index (κ3) is 3.53. The molecule has 1 aliphatic rings. The average molecular weight is 233 g/mol. The predicted molar refractivity (Wildman–Crippen MR) is 66.9 cm³/mol. The van der Waals surface area contributed by atoms with Crippen molar-refractivity contribution >= 4 is 5.84 Å². The standard InChI is InChI=1S/C13H19N3O/c14-13(15)12-8-10(6-7-16-12)9-17-11-4-2-1-3-5-11/h6-8,11H,1-5,9H2,(H3,14,15). The quantitative estimate of drug-likeness (QED) is 0.618. The van der Waals surface area contributed by atoms with E-state index in [9.17, 15) is 0 Å². The largest absolute Gasteiger partial charge is 0.382 e. The van der Waals surface area contributed by atoms with Gasteiger partial charge >= 0.3 is 0 Å². The number of nitrogens with one attached hydrogen (secondary N) is 1. The van der Waals surface area contributed by atoms with E-state index in [-0.39, 0.29) is 5.84 Å². The highest BCUT2D eigenvalue weighted by Gasteiger charge is 2.13. The Morgan fingerprint density at radius 3 is 2.88 bits per heavy atom. The molecule has 1 saturated carbocycles. The predicted octanol–water partition coefficient (Wildman–Crippen LogP) is 2.21. The van der Waals surface area contributed by atoms with Gasteiger partial charge in [0.15, 0.2) is 0 Å². The first-order valence-corrected chi connectivity index (χ1v) is 6.16. The first kappa shape index (κ1) is 12.0. The smallest absolute Gasteiger partial charge is 0.141 e. The molecular weight excluding hydrogens is 214 g/mol. The van der Waals surface area contributed by atoms with E-state index in [1.165, 1.54) is 32.1 Å². The molecule has 4 heteroatoms. The maximum absolute atomic E-state index is 7.33. The summed E-state index contributed by atoms with van der Waals surface area (Å²) in [6, 6.07) is 3.74. The van der Waals surface area contributed by atoms with Crippen LogP contribution in [0.3, 0.4) is 0 Å². The number of nitrogens with two attached hydrogens (primary N) is 1. The van der Waals surface area contributed by atoms with Gasteiger partial charge in [0.2, 0.25) is 0 Å². The number of nitrogen functional groups attached to an aromatic ring is 1. The van der Waals surface area contributed by atoms with Crippen molar-refractivity contribution in [3.05, 3.63) is 29.6 Å². The van der Waals surface area contributed by atoms with E-state index in [1.807, 2.05) is 12.1 Å².